The maximum absolute atomic E-state index is 13.0. The molecule has 1 atom stereocenters. The number of nitrogens with one attached hydrogen (secondary N) is 2. The van der Waals surface area contributed by atoms with Gasteiger partial charge in [0.2, 0.25) is 5.91 Å². The van der Waals surface area contributed by atoms with E-state index >= 15 is 0 Å². The van der Waals surface area contributed by atoms with E-state index in [1.54, 1.807) is 41.3 Å². The number of benzene rings is 2. The van der Waals surface area contributed by atoms with Crippen molar-refractivity contribution in [1.82, 2.24) is 10.2 Å². The molecule has 0 aromatic heterocycles. The van der Waals surface area contributed by atoms with Crippen LogP contribution in [0, 0.1) is 5.92 Å². The SMILES string of the molecule is CCCCNC(=O)[C@@H]1CCCN(C(=O)c2ccc(NS(=O)(=O)c3ccc(OC)cc3)cc2)C1. The van der Waals surface area contributed by atoms with E-state index in [2.05, 4.69) is 17.0 Å². The van der Waals surface area contributed by atoms with Gasteiger partial charge in [0.05, 0.1) is 17.9 Å². The highest BCUT2D eigenvalue weighted by Crippen LogP contribution is 2.22. The lowest BCUT2D eigenvalue weighted by Crippen LogP contribution is -2.45. The Kier molecular flexibility index (Phi) is 8.32. The van der Waals surface area contributed by atoms with Crippen molar-refractivity contribution in [2.45, 2.75) is 37.5 Å². The van der Waals surface area contributed by atoms with E-state index in [9.17, 15) is 18.0 Å². The molecule has 3 rings (SSSR count). The number of methoxy groups -OCH3 is 1. The number of hydrogen-bond donors (Lipinski definition) is 2. The summed E-state index contributed by atoms with van der Waals surface area (Å²) in [4.78, 5) is 27.1. The average molecular weight is 474 g/mol. The van der Waals surface area contributed by atoms with Crippen LogP contribution in [0.15, 0.2) is 53.4 Å². The van der Waals surface area contributed by atoms with Crippen LogP contribution in [0.2, 0.25) is 0 Å². The third-order valence-electron chi connectivity index (χ3n) is 5.66. The van der Waals surface area contributed by atoms with Crippen molar-refractivity contribution in [2.24, 2.45) is 5.92 Å². The number of nitrogens with zero attached hydrogens (tertiary/aromatic N) is 1. The lowest BCUT2D eigenvalue weighted by molar-refractivity contribution is -0.126. The number of likely N-dealkylation sites (tertiary alicyclic amines) is 1. The first-order valence-electron chi connectivity index (χ1n) is 11.2. The predicted molar refractivity (Wildman–Crippen MR) is 127 cm³/mol. The maximum atomic E-state index is 13.0. The van der Waals surface area contributed by atoms with Gasteiger partial charge in [-0.2, -0.15) is 0 Å². The zero-order valence-corrected chi connectivity index (χ0v) is 19.9. The Labute approximate surface area is 195 Å². The summed E-state index contributed by atoms with van der Waals surface area (Å²) in [5.74, 6) is 0.209. The standard InChI is InChI=1S/C24H31N3O5S/c1-3-4-15-25-23(28)19-6-5-16-27(17-19)24(29)18-7-9-20(10-8-18)26-33(30,31)22-13-11-21(32-2)12-14-22/h7-14,19,26H,3-6,15-17H2,1-2H3,(H,25,28)/t19-/m1/s1. The topological polar surface area (TPSA) is 105 Å². The Bertz CT molecular complexity index is 1050. The number of carbonyl (C=O) groups excluding carboxylic acids is 2. The van der Waals surface area contributed by atoms with Crippen molar-refractivity contribution in [3.63, 3.8) is 0 Å². The van der Waals surface area contributed by atoms with Crippen LogP contribution >= 0.6 is 0 Å². The number of rotatable bonds is 9. The Balaban J connectivity index is 1.61. The molecule has 9 heteroatoms. The molecule has 2 N–H and O–H groups in total. The number of anilines is 1. The van der Waals surface area contributed by atoms with Gasteiger partial charge in [-0.25, -0.2) is 8.42 Å². The lowest BCUT2D eigenvalue weighted by Gasteiger charge is -2.32. The highest BCUT2D eigenvalue weighted by Gasteiger charge is 2.28. The third-order valence-corrected chi connectivity index (χ3v) is 7.06. The second kappa shape index (κ2) is 11.2. The number of amides is 2. The van der Waals surface area contributed by atoms with Crippen LogP contribution in [0.25, 0.3) is 0 Å². The van der Waals surface area contributed by atoms with Crippen molar-refractivity contribution in [3.05, 3.63) is 54.1 Å². The minimum absolute atomic E-state index is 0.00392. The second-order valence-electron chi connectivity index (χ2n) is 8.09. The van der Waals surface area contributed by atoms with Crippen LogP contribution in [0.4, 0.5) is 5.69 Å². The van der Waals surface area contributed by atoms with Gasteiger partial charge in [0, 0.05) is 30.9 Å². The monoisotopic (exact) mass is 473 g/mol. The Morgan fingerprint density at radius 2 is 1.79 bits per heavy atom. The summed E-state index contributed by atoms with van der Waals surface area (Å²) in [5.41, 5.74) is 0.809. The number of ether oxygens (including phenoxy) is 1. The quantitative estimate of drug-likeness (QED) is 0.544. The predicted octanol–water partition coefficient (Wildman–Crippen LogP) is 3.26. The highest BCUT2D eigenvalue weighted by atomic mass is 32.2. The summed E-state index contributed by atoms with van der Waals surface area (Å²) in [6.45, 7) is 3.72. The number of piperidine rings is 1. The molecule has 1 heterocycles. The smallest absolute Gasteiger partial charge is 0.261 e. The minimum atomic E-state index is -3.76. The van der Waals surface area contributed by atoms with Gasteiger partial charge in [-0.3, -0.25) is 14.3 Å². The van der Waals surface area contributed by atoms with Crippen molar-refractivity contribution in [3.8, 4) is 5.75 Å². The molecule has 0 unspecified atom stereocenters. The van der Waals surface area contributed by atoms with Crippen molar-refractivity contribution < 1.29 is 22.7 Å². The first kappa shape index (κ1) is 24.6. The van der Waals surface area contributed by atoms with E-state index in [4.69, 9.17) is 4.74 Å². The zero-order valence-electron chi connectivity index (χ0n) is 19.0. The van der Waals surface area contributed by atoms with Crippen molar-refractivity contribution >= 4 is 27.5 Å². The molecule has 1 saturated heterocycles. The summed E-state index contributed by atoms with van der Waals surface area (Å²) < 4.78 is 32.8. The molecule has 178 valence electrons. The fourth-order valence-corrected chi connectivity index (χ4v) is 4.80. The van der Waals surface area contributed by atoms with Crippen LogP contribution in [-0.4, -0.2) is 51.9 Å². The number of unbranched alkanes of at least 4 members (excludes halogenated alkanes) is 1. The minimum Gasteiger partial charge on any atom is -0.497 e. The van der Waals surface area contributed by atoms with Gasteiger partial charge in [0.1, 0.15) is 5.75 Å². The molecule has 1 aliphatic rings. The number of carbonyl (C=O) groups is 2. The summed E-state index contributed by atoms with van der Waals surface area (Å²) in [6.07, 6.45) is 3.50. The van der Waals surface area contributed by atoms with Gasteiger partial charge in [-0.05, 0) is 67.8 Å². The molecule has 8 nitrogen and oxygen atoms in total. The Morgan fingerprint density at radius 1 is 1.09 bits per heavy atom. The van der Waals surface area contributed by atoms with Crippen molar-refractivity contribution in [1.29, 1.82) is 0 Å². The van der Waals surface area contributed by atoms with Crippen LogP contribution in [-0.2, 0) is 14.8 Å². The first-order valence-corrected chi connectivity index (χ1v) is 12.7. The van der Waals surface area contributed by atoms with Crippen LogP contribution in [0.5, 0.6) is 5.75 Å². The molecule has 2 amide bonds. The van der Waals surface area contributed by atoms with E-state index in [0.717, 1.165) is 25.7 Å². The fraction of sp³-hybridized carbons (Fsp3) is 0.417. The lowest BCUT2D eigenvalue weighted by atomic mass is 9.96. The molecular formula is C24H31N3O5S. The second-order valence-corrected chi connectivity index (χ2v) is 9.78. The van der Waals surface area contributed by atoms with Gasteiger partial charge in [0.15, 0.2) is 0 Å². The Hall–Kier alpha value is -3.07. The van der Waals surface area contributed by atoms with Crippen molar-refractivity contribution in [2.75, 3.05) is 31.5 Å². The van der Waals surface area contributed by atoms with E-state index in [1.165, 1.54) is 19.2 Å². The van der Waals surface area contributed by atoms with E-state index in [0.29, 0.717) is 36.6 Å². The van der Waals surface area contributed by atoms with E-state index in [1.807, 2.05) is 0 Å². The molecule has 2 aromatic carbocycles. The molecule has 0 aliphatic carbocycles. The number of sulfonamides is 1. The molecule has 2 aromatic rings. The molecule has 1 aliphatic heterocycles. The van der Waals surface area contributed by atoms with Gasteiger partial charge in [0.25, 0.3) is 15.9 Å². The highest BCUT2D eigenvalue weighted by molar-refractivity contribution is 7.92. The molecule has 1 fully saturated rings. The van der Waals surface area contributed by atoms with Gasteiger partial charge in [-0.1, -0.05) is 13.3 Å². The van der Waals surface area contributed by atoms with Crippen LogP contribution in [0.1, 0.15) is 43.0 Å². The summed E-state index contributed by atoms with van der Waals surface area (Å²) >= 11 is 0. The number of hydrogen-bond acceptors (Lipinski definition) is 5. The van der Waals surface area contributed by atoms with E-state index in [-0.39, 0.29) is 22.6 Å². The third kappa shape index (κ3) is 6.47. The molecule has 0 spiro atoms. The summed E-state index contributed by atoms with van der Waals surface area (Å²) in [6, 6.07) is 12.4. The molecule has 0 saturated carbocycles. The molecule has 0 radical (unpaired) electrons. The summed E-state index contributed by atoms with van der Waals surface area (Å²) in [5, 5.41) is 2.95. The van der Waals surface area contributed by atoms with E-state index < -0.39 is 10.0 Å². The first-order chi connectivity index (χ1) is 15.8. The van der Waals surface area contributed by atoms with Gasteiger partial charge in [-0.15, -0.1) is 0 Å². The maximum Gasteiger partial charge on any atom is 0.261 e. The normalized spacial score (nSPS) is 16.2. The van der Waals surface area contributed by atoms with Crippen LogP contribution < -0.4 is 14.8 Å². The Morgan fingerprint density at radius 3 is 2.42 bits per heavy atom. The largest absolute Gasteiger partial charge is 0.497 e. The van der Waals surface area contributed by atoms with Gasteiger partial charge < -0.3 is 15.0 Å². The average Bonchev–Trinajstić information content (AvgIpc) is 2.84. The fourth-order valence-electron chi connectivity index (χ4n) is 3.74. The molecule has 0 bridgehead atoms. The van der Waals surface area contributed by atoms with Crippen LogP contribution in [0.3, 0.4) is 0 Å². The zero-order chi connectivity index (χ0) is 23.8. The molecular weight excluding hydrogens is 442 g/mol. The molecule has 33 heavy (non-hydrogen) atoms. The summed E-state index contributed by atoms with van der Waals surface area (Å²) in [7, 11) is -2.25. The van der Waals surface area contributed by atoms with Gasteiger partial charge >= 0.3 is 0 Å².